The molecule has 0 saturated heterocycles. The van der Waals surface area contributed by atoms with Gasteiger partial charge in [0, 0.05) is 12.1 Å². The molecule has 0 saturated carbocycles. The van der Waals surface area contributed by atoms with Crippen LogP contribution in [-0.2, 0) is 0 Å². The highest BCUT2D eigenvalue weighted by molar-refractivity contribution is 5.91. The number of carbonyl (C=O) groups excluding carboxylic acids is 1. The largest absolute Gasteiger partial charge is 0.423 e. The summed E-state index contributed by atoms with van der Waals surface area (Å²) in [6.45, 7) is 0. The number of hydrogen-bond acceptors (Lipinski definition) is 6. The van der Waals surface area contributed by atoms with E-state index in [-0.39, 0.29) is 22.6 Å². The van der Waals surface area contributed by atoms with Crippen LogP contribution >= 0.6 is 0 Å². The van der Waals surface area contributed by atoms with E-state index in [1.807, 2.05) is 0 Å². The molecule has 7 nitrogen and oxygen atoms in total. The summed E-state index contributed by atoms with van der Waals surface area (Å²) in [5.74, 6) is -0.439. The Morgan fingerprint density at radius 2 is 1.62 bits per heavy atom. The van der Waals surface area contributed by atoms with Crippen molar-refractivity contribution in [2.24, 2.45) is 0 Å². The molecular formula is C17H9N3O4. The average Bonchev–Trinajstić information content (AvgIpc) is 2.60. The van der Waals surface area contributed by atoms with Crippen molar-refractivity contribution >= 4 is 17.7 Å². The SMILES string of the molecule is N#CC(C#N)=Cc1ccc(C(=O)Oc2ccc([N+](=O)[O-])cc2)cc1. The minimum absolute atomic E-state index is 0.0452. The molecular weight excluding hydrogens is 310 g/mol. The molecule has 0 N–H and O–H groups in total. The highest BCUT2D eigenvalue weighted by atomic mass is 16.6. The van der Waals surface area contributed by atoms with E-state index in [9.17, 15) is 14.9 Å². The smallest absolute Gasteiger partial charge is 0.343 e. The Labute approximate surface area is 136 Å². The van der Waals surface area contributed by atoms with E-state index in [4.69, 9.17) is 15.3 Å². The van der Waals surface area contributed by atoms with Gasteiger partial charge >= 0.3 is 5.97 Å². The molecule has 0 heterocycles. The highest BCUT2D eigenvalue weighted by Gasteiger charge is 2.10. The summed E-state index contributed by atoms with van der Waals surface area (Å²) >= 11 is 0. The Morgan fingerprint density at radius 1 is 1.04 bits per heavy atom. The molecule has 0 radical (unpaired) electrons. The Kier molecular flexibility index (Phi) is 5.02. The van der Waals surface area contributed by atoms with Crippen molar-refractivity contribution in [2.45, 2.75) is 0 Å². The van der Waals surface area contributed by atoms with Crippen LogP contribution in [-0.4, -0.2) is 10.9 Å². The van der Waals surface area contributed by atoms with Crippen LogP contribution in [0.4, 0.5) is 5.69 Å². The van der Waals surface area contributed by atoms with Crippen LogP contribution in [0.5, 0.6) is 5.75 Å². The molecule has 2 aromatic rings. The van der Waals surface area contributed by atoms with Gasteiger partial charge in [-0.2, -0.15) is 10.5 Å². The first kappa shape index (κ1) is 16.4. The molecule has 0 atom stereocenters. The van der Waals surface area contributed by atoms with Gasteiger partial charge in [-0.25, -0.2) is 4.79 Å². The molecule has 0 bridgehead atoms. The number of nitro groups is 1. The van der Waals surface area contributed by atoms with Gasteiger partial charge < -0.3 is 4.74 Å². The van der Waals surface area contributed by atoms with Gasteiger partial charge in [-0.3, -0.25) is 10.1 Å². The lowest BCUT2D eigenvalue weighted by atomic mass is 10.1. The summed E-state index contributed by atoms with van der Waals surface area (Å²) in [6, 6.07) is 14.8. The molecule has 24 heavy (non-hydrogen) atoms. The Bertz CT molecular complexity index is 869. The van der Waals surface area contributed by atoms with E-state index in [1.54, 1.807) is 24.3 Å². The molecule has 0 fully saturated rings. The molecule has 116 valence electrons. The number of esters is 1. The van der Waals surface area contributed by atoms with Crippen molar-refractivity contribution in [1.29, 1.82) is 10.5 Å². The van der Waals surface area contributed by atoms with Crippen molar-refractivity contribution in [2.75, 3.05) is 0 Å². The third-order valence-electron chi connectivity index (χ3n) is 2.96. The molecule has 0 spiro atoms. The molecule has 0 aliphatic rings. The van der Waals surface area contributed by atoms with Gasteiger partial charge in [0.05, 0.1) is 10.5 Å². The van der Waals surface area contributed by atoms with Gasteiger partial charge in [-0.05, 0) is 35.9 Å². The van der Waals surface area contributed by atoms with Gasteiger partial charge in [0.25, 0.3) is 5.69 Å². The zero-order valence-corrected chi connectivity index (χ0v) is 12.2. The van der Waals surface area contributed by atoms with Crippen molar-refractivity contribution < 1.29 is 14.5 Å². The van der Waals surface area contributed by atoms with Crippen LogP contribution in [0.25, 0.3) is 6.08 Å². The molecule has 2 aromatic carbocycles. The molecule has 2 rings (SSSR count). The monoisotopic (exact) mass is 319 g/mol. The Hall–Kier alpha value is -3.97. The van der Waals surface area contributed by atoms with Crippen LogP contribution in [0.15, 0.2) is 54.1 Å². The molecule has 0 aliphatic carbocycles. The normalized spacial score (nSPS) is 9.25. The van der Waals surface area contributed by atoms with E-state index in [0.29, 0.717) is 5.56 Å². The quantitative estimate of drug-likeness (QED) is 0.281. The number of nitrogens with zero attached hydrogens (tertiary/aromatic N) is 3. The summed E-state index contributed by atoms with van der Waals surface area (Å²) in [5.41, 5.74) is 0.717. The number of allylic oxidation sites excluding steroid dienone is 1. The van der Waals surface area contributed by atoms with Gasteiger partial charge in [0.2, 0.25) is 0 Å². The maximum absolute atomic E-state index is 12.0. The Morgan fingerprint density at radius 3 is 2.12 bits per heavy atom. The number of hydrogen-bond donors (Lipinski definition) is 0. The molecule has 0 aromatic heterocycles. The standard InChI is InChI=1S/C17H9N3O4/c18-10-13(11-19)9-12-1-3-14(4-2-12)17(21)24-16-7-5-15(6-8-16)20(22)23/h1-9H. The fraction of sp³-hybridized carbons (Fsp3) is 0. The number of nitriles is 2. The predicted octanol–water partition coefficient (Wildman–Crippen LogP) is 3.24. The lowest BCUT2D eigenvalue weighted by molar-refractivity contribution is -0.384. The first-order valence-corrected chi connectivity index (χ1v) is 6.62. The van der Waals surface area contributed by atoms with Crippen molar-refractivity contribution in [3.05, 3.63) is 75.3 Å². The van der Waals surface area contributed by atoms with E-state index < -0.39 is 10.9 Å². The van der Waals surface area contributed by atoms with E-state index in [2.05, 4.69) is 0 Å². The zero-order valence-electron chi connectivity index (χ0n) is 12.2. The number of non-ortho nitro benzene ring substituents is 1. The third kappa shape index (κ3) is 4.03. The predicted molar refractivity (Wildman–Crippen MR) is 83.7 cm³/mol. The summed E-state index contributed by atoms with van der Waals surface area (Å²) in [5, 5.41) is 27.9. The molecule has 0 amide bonds. The minimum atomic E-state index is -0.625. The lowest BCUT2D eigenvalue weighted by Gasteiger charge is -2.04. The van der Waals surface area contributed by atoms with Crippen LogP contribution in [0, 0.1) is 32.8 Å². The maximum atomic E-state index is 12.0. The van der Waals surface area contributed by atoms with Crippen LogP contribution < -0.4 is 4.74 Å². The van der Waals surface area contributed by atoms with Gasteiger partial charge in [0.1, 0.15) is 23.5 Å². The zero-order chi connectivity index (χ0) is 17.5. The van der Waals surface area contributed by atoms with E-state index >= 15 is 0 Å². The van der Waals surface area contributed by atoms with Crippen molar-refractivity contribution in [3.8, 4) is 17.9 Å². The number of rotatable bonds is 4. The number of ether oxygens (including phenoxy) is 1. The Balaban J connectivity index is 2.10. The first-order valence-electron chi connectivity index (χ1n) is 6.62. The third-order valence-corrected chi connectivity index (χ3v) is 2.96. The molecule has 0 aliphatic heterocycles. The van der Waals surface area contributed by atoms with Gasteiger partial charge in [0.15, 0.2) is 0 Å². The number of benzene rings is 2. The van der Waals surface area contributed by atoms with Crippen LogP contribution in [0.3, 0.4) is 0 Å². The van der Waals surface area contributed by atoms with Crippen molar-refractivity contribution in [1.82, 2.24) is 0 Å². The second kappa shape index (κ2) is 7.34. The first-order chi connectivity index (χ1) is 11.5. The maximum Gasteiger partial charge on any atom is 0.343 e. The average molecular weight is 319 g/mol. The van der Waals surface area contributed by atoms with Gasteiger partial charge in [-0.1, -0.05) is 12.1 Å². The minimum Gasteiger partial charge on any atom is -0.423 e. The van der Waals surface area contributed by atoms with Gasteiger partial charge in [-0.15, -0.1) is 0 Å². The summed E-state index contributed by atoms with van der Waals surface area (Å²) in [7, 11) is 0. The summed E-state index contributed by atoms with van der Waals surface area (Å²) in [6.07, 6.45) is 1.39. The van der Waals surface area contributed by atoms with Crippen LogP contribution in [0.1, 0.15) is 15.9 Å². The second-order valence-corrected chi connectivity index (χ2v) is 4.54. The number of nitro benzene ring substituents is 1. The van der Waals surface area contributed by atoms with Crippen LogP contribution in [0.2, 0.25) is 0 Å². The second-order valence-electron chi connectivity index (χ2n) is 4.54. The van der Waals surface area contributed by atoms with E-state index in [0.717, 1.165) is 0 Å². The fourth-order valence-electron chi connectivity index (χ4n) is 1.77. The topological polar surface area (TPSA) is 117 Å². The number of carbonyl (C=O) groups is 1. The summed E-state index contributed by atoms with van der Waals surface area (Å²) in [4.78, 5) is 22.0. The van der Waals surface area contributed by atoms with E-state index in [1.165, 1.54) is 42.5 Å². The summed E-state index contributed by atoms with van der Waals surface area (Å²) < 4.78 is 5.12. The molecule has 0 unspecified atom stereocenters. The lowest BCUT2D eigenvalue weighted by Crippen LogP contribution is -2.08. The highest BCUT2D eigenvalue weighted by Crippen LogP contribution is 2.19. The molecule has 7 heteroatoms. The fourth-order valence-corrected chi connectivity index (χ4v) is 1.77. The van der Waals surface area contributed by atoms with Crippen molar-refractivity contribution in [3.63, 3.8) is 0 Å².